The van der Waals surface area contributed by atoms with Gasteiger partial charge in [0.15, 0.2) is 0 Å². The molecular weight excluding hydrogens is 286 g/mol. The summed E-state index contributed by atoms with van der Waals surface area (Å²) in [7, 11) is 1.80. The van der Waals surface area contributed by atoms with Gasteiger partial charge >= 0.3 is 6.09 Å². The Labute approximate surface area is 127 Å². The smallest absolute Gasteiger partial charge is 0.417 e. The molecule has 0 aromatic carbocycles. The molecule has 116 valence electrons. The minimum absolute atomic E-state index is 0.121. The fourth-order valence-electron chi connectivity index (χ4n) is 2.20. The highest BCUT2D eigenvalue weighted by Gasteiger charge is 2.37. The fourth-order valence-corrected chi connectivity index (χ4v) is 2.20. The lowest BCUT2D eigenvalue weighted by atomic mass is 10.2. The van der Waals surface area contributed by atoms with Crippen LogP contribution in [-0.4, -0.2) is 42.1 Å². The molecule has 0 unspecified atom stereocenters. The second-order valence-electron chi connectivity index (χ2n) is 6.18. The number of amides is 2. The Morgan fingerprint density at radius 3 is 2.59 bits per heavy atom. The van der Waals surface area contributed by atoms with E-state index in [1.54, 1.807) is 55.8 Å². The summed E-state index contributed by atoms with van der Waals surface area (Å²) in [4.78, 5) is 25.4. The molecule has 2 amide bonds. The van der Waals surface area contributed by atoms with Gasteiger partial charge in [-0.25, -0.2) is 14.4 Å². The Morgan fingerprint density at radius 1 is 1.32 bits per heavy atom. The number of fused-ring (bicyclic) bond motifs is 1. The molecule has 3 heterocycles. The summed E-state index contributed by atoms with van der Waals surface area (Å²) in [5.41, 5.74) is 1.08. The molecule has 0 N–H and O–H groups in total. The molecule has 0 radical (unpaired) electrons. The molecule has 2 aromatic heterocycles. The standard InChI is InChI=1S/C14H17N5O3/c1-14(2,3)22-13(21)18-8-11-10(12(18)20)7-19(16-11)9-5-15-17(4)6-9/h5-7H,8H2,1-4H3. The van der Waals surface area contributed by atoms with Crippen LogP contribution < -0.4 is 0 Å². The van der Waals surface area contributed by atoms with Gasteiger partial charge in [0.2, 0.25) is 0 Å². The van der Waals surface area contributed by atoms with E-state index in [-0.39, 0.29) is 12.5 Å². The summed E-state index contributed by atoms with van der Waals surface area (Å²) in [6, 6.07) is 0. The van der Waals surface area contributed by atoms with Gasteiger partial charge in [0.05, 0.1) is 30.2 Å². The first-order valence-corrected chi connectivity index (χ1v) is 6.87. The highest BCUT2D eigenvalue weighted by Crippen LogP contribution is 2.24. The van der Waals surface area contributed by atoms with Crippen molar-refractivity contribution in [3.05, 3.63) is 29.8 Å². The first-order valence-electron chi connectivity index (χ1n) is 6.87. The molecule has 0 fully saturated rings. The second kappa shape index (κ2) is 4.69. The first-order chi connectivity index (χ1) is 10.2. The zero-order valence-corrected chi connectivity index (χ0v) is 12.9. The number of imide groups is 1. The van der Waals surface area contributed by atoms with Gasteiger partial charge < -0.3 is 4.74 Å². The van der Waals surface area contributed by atoms with Gasteiger partial charge in [0.1, 0.15) is 11.3 Å². The van der Waals surface area contributed by atoms with Gasteiger partial charge in [-0.2, -0.15) is 10.2 Å². The lowest BCUT2D eigenvalue weighted by Crippen LogP contribution is -2.37. The van der Waals surface area contributed by atoms with E-state index in [1.807, 2.05) is 0 Å². The van der Waals surface area contributed by atoms with Crippen LogP contribution in [0.4, 0.5) is 4.79 Å². The number of aryl methyl sites for hydroxylation is 1. The Morgan fingerprint density at radius 2 is 2.05 bits per heavy atom. The number of rotatable bonds is 1. The van der Waals surface area contributed by atoms with Crippen molar-refractivity contribution >= 4 is 12.0 Å². The van der Waals surface area contributed by atoms with Crippen LogP contribution in [-0.2, 0) is 18.3 Å². The van der Waals surface area contributed by atoms with Crippen molar-refractivity contribution in [1.82, 2.24) is 24.5 Å². The Bertz CT molecular complexity index is 753. The van der Waals surface area contributed by atoms with Crippen molar-refractivity contribution in [1.29, 1.82) is 0 Å². The highest BCUT2D eigenvalue weighted by molar-refractivity contribution is 6.06. The van der Waals surface area contributed by atoms with E-state index in [1.165, 1.54) is 0 Å². The average Bonchev–Trinajstić information content (AvgIpc) is 3.04. The third-order valence-electron chi connectivity index (χ3n) is 3.14. The minimum atomic E-state index is -0.650. The average molecular weight is 303 g/mol. The predicted molar refractivity (Wildman–Crippen MR) is 76.4 cm³/mol. The SMILES string of the molecule is Cn1cc(-n2cc3c(n2)CN(C(=O)OC(C)(C)C)C3=O)cn1. The summed E-state index contributed by atoms with van der Waals surface area (Å²) in [5, 5.41) is 8.41. The highest BCUT2D eigenvalue weighted by atomic mass is 16.6. The lowest BCUT2D eigenvalue weighted by Gasteiger charge is -2.23. The van der Waals surface area contributed by atoms with E-state index < -0.39 is 11.7 Å². The van der Waals surface area contributed by atoms with Gasteiger partial charge in [-0.05, 0) is 20.8 Å². The lowest BCUT2D eigenvalue weighted by molar-refractivity contribution is 0.0246. The van der Waals surface area contributed by atoms with Crippen LogP contribution >= 0.6 is 0 Å². The third kappa shape index (κ3) is 2.47. The van der Waals surface area contributed by atoms with E-state index in [9.17, 15) is 9.59 Å². The molecule has 0 saturated heterocycles. The van der Waals surface area contributed by atoms with Crippen LogP contribution in [0.15, 0.2) is 18.6 Å². The molecule has 8 nitrogen and oxygen atoms in total. The van der Waals surface area contributed by atoms with Gasteiger partial charge in [-0.3, -0.25) is 9.48 Å². The van der Waals surface area contributed by atoms with Crippen molar-refractivity contribution in [3.63, 3.8) is 0 Å². The van der Waals surface area contributed by atoms with E-state index in [0.29, 0.717) is 11.3 Å². The molecule has 2 aromatic rings. The van der Waals surface area contributed by atoms with E-state index >= 15 is 0 Å². The molecular formula is C14H17N5O3. The molecule has 0 spiro atoms. The van der Waals surface area contributed by atoms with Gasteiger partial charge in [0, 0.05) is 13.2 Å². The molecule has 0 bridgehead atoms. The molecule has 3 rings (SSSR count). The number of nitrogens with zero attached hydrogens (tertiary/aromatic N) is 5. The Balaban J connectivity index is 1.82. The van der Waals surface area contributed by atoms with Crippen LogP contribution in [0.25, 0.3) is 5.69 Å². The summed E-state index contributed by atoms with van der Waals surface area (Å²) in [6.07, 6.45) is 4.40. The van der Waals surface area contributed by atoms with Crippen LogP contribution in [0.5, 0.6) is 0 Å². The topological polar surface area (TPSA) is 82.3 Å². The van der Waals surface area contributed by atoms with E-state index in [0.717, 1.165) is 10.6 Å². The predicted octanol–water partition coefficient (Wildman–Crippen LogP) is 1.50. The van der Waals surface area contributed by atoms with Gasteiger partial charge in [-0.1, -0.05) is 0 Å². The first kappa shape index (κ1) is 14.3. The second-order valence-corrected chi connectivity index (χ2v) is 6.18. The van der Waals surface area contributed by atoms with E-state index in [2.05, 4.69) is 10.2 Å². The molecule has 1 aliphatic rings. The molecule has 22 heavy (non-hydrogen) atoms. The maximum absolute atomic E-state index is 12.3. The van der Waals surface area contributed by atoms with Crippen molar-refractivity contribution in [2.75, 3.05) is 0 Å². The fraction of sp³-hybridized carbons (Fsp3) is 0.429. The molecule has 0 saturated carbocycles. The Kier molecular flexibility index (Phi) is 3.05. The zero-order valence-electron chi connectivity index (χ0n) is 12.9. The molecule has 0 atom stereocenters. The maximum Gasteiger partial charge on any atom is 0.417 e. The molecule has 8 heteroatoms. The normalized spacial score (nSPS) is 14.4. The van der Waals surface area contributed by atoms with Gasteiger partial charge in [-0.15, -0.1) is 0 Å². The summed E-state index contributed by atoms with van der Waals surface area (Å²) in [6.45, 7) is 5.39. The minimum Gasteiger partial charge on any atom is -0.443 e. The van der Waals surface area contributed by atoms with Gasteiger partial charge in [0.25, 0.3) is 5.91 Å². The monoisotopic (exact) mass is 303 g/mol. The number of hydrogen-bond acceptors (Lipinski definition) is 5. The quantitative estimate of drug-likeness (QED) is 0.797. The number of ether oxygens (including phenoxy) is 1. The number of carbonyl (C=O) groups is 2. The van der Waals surface area contributed by atoms with Crippen LogP contribution in [0.1, 0.15) is 36.8 Å². The number of carbonyl (C=O) groups excluding carboxylic acids is 2. The van der Waals surface area contributed by atoms with Crippen LogP contribution in [0, 0.1) is 0 Å². The van der Waals surface area contributed by atoms with Crippen LogP contribution in [0.3, 0.4) is 0 Å². The van der Waals surface area contributed by atoms with Crippen molar-refractivity contribution in [2.45, 2.75) is 32.9 Å². The Hall–Kier alpha value is -2.64. The van der Waals surface area contributed by atoms with Crippen molar-refractivity contribution in [3.8, 4) is 5.69 Å². The van der Waals surface area contributed by atoms with E-state index in [4.69, 9.17) is 4.74 Å². The van der Waals surface area contributed by atoms with Crippen molar-refractivity contribution in [2.24, 2.45) is 7.05 Å². The largest absolute Gasteiger partial charge is 0.443 e. The summed E-state index contributed by atoms with van der Waals surface area (Å²) in [5.74, 6) is -0.389. The van der Waals surface area contributed by atoms with Crippen LogP contribution in [0.2, 0.25) is 0 Å². The number of hydrogen-bond donors (Lipinski definition) is 0. The summed E-state index contributed by atoms with van der Waals surface area (Å²) < 4.78 is 8.46. The third-order valence-corrected chi connectivity index (χ3v) is 3.14. The molecule has 1 aliphatic heterocycles. The maximum atomic E-state index is 12.3. The number of aromatic nitrogens is 4. The van der Waals surface area contributed by atoms with Crippen molar-refractivity contribution < 1.29 is 14.3 Å². The summed E-state index contributed by atoms with van der Waals surface area (Å²) >= 11 is 0. The zero-order chi connectivity index (χ0) is 16.1. The molecule has 0 aliphatic carbocycles.